The van der Waals surface area contributed by atoms with Crippen LogP contribution in [0.25, 0.3) is 0 Å². The van der Waals surface area contributed by atoms with Crippen LogP contribution in [0, 0.1) is 5.92 Å². The molecule has 1 aliphatic heterocycles. The van der Waals surface area contributed by atoms with Gasteiger partial charge < -0.3 is 20.2 Å². The molecule has 7 heteroatoms. The number of hydrogen-bond acceptors (Lipinski definition) is 4. The van der Waals surface area contributed by atoms with Crippen molar-refractivity contribution in [2.75, 3.05) is 39.8 Å². The van der Waals surface area contributed by atoms with Crippen LogP contribution in [0.1, 0.15) is 25.7 Å². The van der Waals surface area contributed by atoms with E-state index in [0.29, 0.717) is 12.5 Å². The van der Waals surface area contributed by atoms with Crippen molar-refractivity contribution in [3.05, 3.63) is 0 Å². The minimum atomic E-state index is -0.405. The van der Waals surface area contributed by atoms with Crippen LogP contribution in [0.15, 0.2) is 0 Å². The summed E-state index contributed by atoms with van der Waals surface area (Å²) in [6.45, 7) is 2.60. The molecular weight excluding hydrogens is 294 g/mol. The summed E-state index contributed by atoms with van der Waals surface area (Å²) in [4.78, 5) is 27.7. The molecule has 1 saturated carbocycles. The highest BCUT2D eigenvalue weighted by Crippen LogP contribution is 2.27. The molecule has 2 rings (SSSR count). The number of nitrogens with zero attached hydrogens (tertiary/aromatic N) is 2. The number of rotatable bonds is 6. The molecule has 0 spiro atoms. The Morgan fingerprint density at radius 3 is 2.76 bits per heavy atom. The molecule has 0 aromatic rings. The summed E-state index contributed by atoms with van der Waals surface area (Å²) < 4.78 is 0. The van der Waals surface area contributed by atoms with E-state index in [1.165, 1.54) is 24.2 Å². The van der Waals surface area contributed by atoms with Gasteiger partial charge in [0.15, 0.2) is 0 Å². The smallest absolute Gasteiger partial charge is 0.240 e. The van der Waals surface area contributed by atoms with Gasteiger partial charge in [-0.25, -0.2) is 0 Å². The van der Waals surface area contributed by atoms with Gasteiger partial charge in [0.1, 0.15) is 0 Å². The molecule has 21 heavy (non-hydrogen) atoms. The van der Waals surface area contributed by atoms with Gasteiger partial charge in [0.2, 0.25) is 11.8 Å². The number of halogens is 1. The molecule has 1 unspecified atom stereocenters. The first kappa shape index (κ1) is 18.2. The van der Waals surface area contributed by atoms with Gasteiger partial charge in [-0.3, -0.25) is 9.59 Å². The summed E-state index contributed by atoms with van der Waals surface area (Å²) in [5.74, 6) is 0.606. The van der Waals surface area contributed by atoms with Gasteiger partial charge in [-0.15, -0.1) is 12.4 Å². The zero-order valence-electron chi connectivity index (χ0n) is 12.6. The van der Waals surface area contributed by atoms with E-state index in [0.717, 1.165) is 19.6 Å². The molecule has 2 aliphatic rings. The standard InChI is InChI=1S/C14H25N3O3.ClH/c1-16(7-8-18)13(19)9-12-14(20)17(6-5-15-12)10-11-3-2-4-11;/h11-12,15,18H,2-10H2,1H3;1H. The maximum atomic E-state index is 12.4. The van der Waals surface area contributed by atoms with Crippen LogP contribution in [0.4, 0.5) is 0 Å². The van der Waals surface area contributed by atoms with Crippen LogP contribution >= 0.6 is 12.4 Å². The Morgan fingerprint density at radius 2 is 2.19 bits per heavy atom. The van der Waals surface area contributed by atoms with Crippen LogP contribution in [0.2, 0.25) is 0 Å². The lowest BCUT2D eigenvalue weighted by atomic mass is 9.85. The minimum Gasteiger partial charge on any atom is -0.395 e. The molecule has 6 nitrogen and oxygen atoms in total. The van der Waals surface area contributed by atoms with E-state index in [9.17, 15) is 9.59 Å². The number of carbonyl (C=O) groups is 2. The molecule has 2 N–H and O–H groups in total. The summed E-state index contributed by atoms with van der Waals surface area (Å²) in [5, 5.41) is 12.0. The van der Waals surface area contributed by atoms with Gasteiger partial charge in [0.05, 0.1) is 19.1 Å². The number of hydrogen-bond donors (Lipinski definition) is 2. The molecule has 0 radical (unpaired) electrons. The number of aliphatic hydroxyl groups excluding tert-OH is 1. The van der Waals surface area contributed by atoms with Crippen molar-refractivity contribution in [3.63, 3.8) is 0 Å². The van der Waals surface area contributed by atoms with E-state index < -0.39 is 6.04 Å². The van der Waals surface area contributed by atoms with E-state index in [1.54, 1.807) is 7.05 Å². The second kappa shape index (κ2) is 8.56. The number of piperazine rings is 1. The Morgan fingerprint density at radius 1 is 1.48 bits per heavy atom. The normalized spacial score (nSPS) is 22.5. The molecule has 2 fully saturated rings. The lowest BCUT2D eigenvalue weighted by molar-refractivity contribution is -0.141. The average Bonchev–Trinajstić information content (AvgIpc) is 2.37. The SMILES string of the molecule is CN(CCO)C(=O)CC1NCCN(CC2CCC2)C1=O.Cl. The first-order valence-corrected chi connectivity index (χ1v) is 7.49. The summed E-state index contributed by atoms with van der Waals surface area (Å²) in [6, 6.07) is -0.405. The third-order valence-corrected chi connectivity index (χ3v) is 4.33. The van der Waals surface area contributed by atoms with E-state index in [1.807, 2.05) is 4.90 Å². The number of carbonyl (C=O) groups excluding carboxylic acids is 2. The van der Waals surface area contributed by atoms with Crippen molar-refractivity contribution in [3.8, 4) is 0 Å². The van der Waals surface area contributed by atoms with Crippen LogP contribution in [0.5, 0.6) is 0 Å². The fourth-order valence-corrected chi connectivity index (χ4v) is 2.72. The Labute approximate surface area is 132 Å². The van der Waals surface area contributed by atoms with Gasteiger partial charge in [-0.05, 0) is 18.8 Å². The molecule has 1 aliphatic carbocycles. The van der Waals surface area contributed by atoms with E-state index in [-0.39, 0.29) is 37.2 Å². The first-order valence-electron chi connectivity index (χ1n) is 7.49. The summed E-state index contributed by atoms with van der Waals surface area (Å²) >= 11 is 0. The molecule has 1 saturated heterocycles. The van der Waals surface area contributed by atoms with Crippen LogP contribution in [-0.4, -0.2) is 72.6 Å². The van der Waals surface area contributed by atoms with Crippen molar-refractivity contribution >= 4 is 24.2 Å². The number of likely N-dealkylation sites (N-methyl/N-ethyl adjacent to an activating group) is 1. The highest BCUT2D eigenvalue weighted by Gasteiger charge is 2.32. The van der Waals surface area contributed by atoms with E-state index in [4.69, 9.17) is 5.11 Å². The Kier molecular flexibility index (Phi) is 7.42. The minimum absolute atomic E-state index is 0. The second-order valence-electron chi connectivity index (χ2n) is 5.83. The molecule has 0 bridgehead atoms. The first-order chi connectivity index (χ1) is 9.61. The van der Waals surface area contributed by atoms with E-state index in [2.05, 4.69) is 5.32 Å². The van der Waals surface area contributed by atoms with Crippen molar-refractivity contribution < 1.29 is 14.7 Å². The quantitative estimate of drug-likeness (QED) is 0.714. The summed E-state index contributed by atoms with van der Waals surface area (Å²) in [6.07, 6.45) is 3.90. The monoisotopic (exact) mass is 319 g/mol. The third-order valence-electron chi connectivity index (χ3n) is 4.33. The number of aliphatic hydroxyl groups is 1. The maximum absolute atomic E-state index is 12.4. The van der Waals surface area contributed by atoms with Gasteiger partial charge in [0, 0.05) is 33.2 Å². The second-order valence-corrected chi connectivity index (χ2v) is 5.83. The van der Waals surface area contributed by atoms with E-state index >= 15 is 0 Å². The van der Waals surface area contributed by atoms with Gasteiger partial charge in [-0.2, -0.15) is 0 Å². The van der Waals surface area contributed by atoms with Gasteiger partial charge in [0.25, 0.3) is 0 Å². The fraction of sp³-hybridized carbons (Fsp3) is 0.857. The molecule has 1 atom stereocenters. The van der Waals surface area contributed by atoms with Gasteiger partial charge in [-0.1, -0.05) is 6.42 Å². The number of amides is 2. The molecular formula is C14H26ClN3O3. The third kappa shape index (κ3) is 4.83. The Balaban J connectivity index is 0.00000220. The predicted molar refractivity (Wildman–Crippen MR) is 82.3 cm³/mol. The summed E-state index contributed by atoms with van der Waals surface area (Å²) in [5.41, 5.74) is 0. The molecule has 122 valence electrons. The van der Waals surface area contributed by atoms with Crippen molar-refractivity contribution in [1.82, 2.24) is 15.1 Å². The predicted octanol–water partition coefficient (Wildman–Crippen LogP) is -0.150. The molecule has 0 aromatic heterocycles. The maximum Gasteiger partial charge on any atom is 0.240 e. The van der Waals surface area contributed by atoms with Crippen molar-refractivity contribution in [1.29, 1.82) is 0 Å². The van der Waals surface area contributed by atoms with Crippen molar-refractivity contribution in [2.24, 2.45) is 5.92 Å². The fourth-order valence-electron chi connectivity index (χ4n) is 2.72. The number of nitrogens with one attached hydrogen (secondary N) is 1. The van der Waals surface area contributed by atoms with Crippen LogP contribution in [-0.2, 0) is 9.59 Å². The van der Waals surface area contributed by atoms with Gasteiger partial charge >= 0.3 is 0 Å². The summed E-state index contributed by atoms with van der Waals surface area (Å²) in [7, 11) is 1.65. The highest BCUT2D eigenvalue weighted by atomic mass is 35.5. The Hall–Kier alpha value is -0.850. The average molecular weight is 320 g/mol. The highest BCUT2D eigenvalue weighted by molar-refractivity contribution is 5.88. The van der Waals surface area contributed by atoms with Crippen LogP contribution < -0.4 is 5.32 Å². The van der Waals surface area contributed by atoms with Crippen LogP contribution in [0.3, 0.4) is 0 Å². The molecule has 0 aromatic carbocycles. The largest absolute Gasteiger partial charge is 0.395 e. The Bertz CT molecular complexity index is 363. The van der Waals surface area contributed by atoms with Crippen molar-refractivity contribution in [2.45, 2.75) is 31.7 Å². The molecule has 1 heterocycles. The topological polar surface area (TPSA) is 72.9 Å². The zero-order chi connectivity index (χ0) is 14.5. The lowest BCUT2D eigenvalue weighted by Crippen LogP contribution is -2.57. The lowest BCUT2D eigenvalue weighted by Gasteiger charge is -2.38. The zero-order valence-corrected chi connectivity index (χ0v) is 13.4. The molecule has 2 amide bonds.